The number of aromatic amines is 1. The number of nitrogens with one attached hydrogen (secondary N) is 2. The summed E-state index contributed by atoms with van der Waals surface area (Å²) in [6, 6.07) is 6.39. The molecule has 3 aromatic heterocycles. The molecule has 31 heavy (non-hydrogen) atoms. The van der Waals surface area contributed by atoms with Crippen molar-refractivity contribution in [3.63, 3.8) is 0 Å². The van der Waals surface area contributed by atoms with E-state index in [-0.39, 0.29) is 45.7 Å². The normalized spacial score (nSPS) is 11.9. The largest absolute Gasteiger partial charge is 0.382 e. The number of nitriles is 1. The smallest absolute Gasteiger partial charge is 0.263 e. The molecule has 4 rings (SSSR count). The van der Waals surface area contributed by atoms with Gasteiger partial charge in [-0.15, -0.1) is 0 Å². The Morgan fingerprint density at radius 1 is 1.32 bits per heavy atom. The van der Waals surface area contributed by atoms with E-state index >= 15 is 0 Å². The topological polar surface area (TPSA) is 190 Å². The highest BCUT2D eigenvalue weighted by Gasteiger charge is 2.21. The quantitative estimate of drug-likeness (QED) is 0.353. The van der Waals surface area contributed by atoms with Gasteiger partial charge in [0.15, 0.2) is 5.82 Å². The van der Waals surface area contributed by atoms with E-state index in [1.807, 2.05) is 6.07 Å². The number of benzene rings is 1. The van der Waals surface area contributed by atoms with E-state index in [2.05, 4.69) is 35.5 Å². The molecule has 156 valence electrons. The van der Waals surface area contributed by atoms with Crippen molar-refractivity contribution in [2.45, 2.75) is 19.5 Å². The number of hydrogen-bond acceptors (Lipinski definition) is 10. The van der Waals surface area contributed by atoms with E-state index in [4.69, 9.17) is 23.1 Å². The van der Waals surface area contributed by atoms with Crippen molar-refractivity contribution in [2.24, 2.45) is 0 Å². The summed E-state index contributed by atoms with van der Waals surface area (Å²) in [6.45, 7) is 1.83. The first-order valence-corrected chi connectivity index (χ1v) is 9.39. The fraction of sp³-hybridized carbons (Fsp3) is 0.167. The van der Waals surface area contributed by atoms with Crippen molar-refractivity contribution >= 4 is 40.1 Å². The second-order valence-corrected chi connectivity index (χ2v) is 7.00. The van der Waals surface area contributed by atoms with Gasteiger partial charge in [-0.2, -0.15) is 20.3 Å². The first kappa shape index (κ1) is 20.0. The van der Waals surface area contributed by atoms with Gasteiger partial charge in [-0.1, -0.05) is 17.7 Å². The molecule has 0 aliphatic carbocycles. The van der Waals surface area contributed by atoms with Crippen LogP contribution in [0.25, 0.3) is 10.9 Å². The minimum atomic E-state index is -0.584. The second-order valence-electron chi connectivity index (χ2n) is 6.60. The van der Waals surface area contributed by atoms with Crippen molar-refractivity contribution < 1.29 is 0 Å². The molecule has 3 heterocycles. The number of rotatable bonds is 5. The molecule has 1 atom stereocenters. The molecule has 4 aromatic rings. The zero-order chi connectivity index (χ0) is 22.1. The van der Waals surface area contributed by atoms with Crippen molar-refractivity contribution in [3.8, 4) is 6.07 Å². The van der Waals surface area contributed by atoms with Crippen molar-refractivity contribution in [2.75, 3.05) is 16.8 Å². The number of nitrogens with zero attached hydrogens (tertiary/aromatic N) is 7. The molecule has 0 spiro atoms. The van der Waals surface area contributed by atoms with Gasteiger partial charge in [0.2, 0.25) is 5.95 Å². The predicted octanol–water partition coefficient (Wildman–Crippen LogP) is 1.22. The van der Waals surface area contributed by atoms with Crippen LogP contribution in [0.4, 0.5) is 17.6 Å². The van der Waals surface area contributed by atoms with Gasteiger partial charge in [0.25, 0.3) is 5.56 Å². The van der Waals surface area contributed by atoms with Crippen LogP contribution in [0.3, 0.4) is 0 Å². The highest BCUT2D eigenvalue weighted by Crippen LogP contribution is 2.25. The molecule has 0 aliphatic heterocycles. The average Bonchev–Trinajstić information content (AvgIpc) is 3.22. The summed E-state index contributed by atoms with van der Waals surface area (Å²) in [7, 11) is 0. The Morgan fingerprint density at radius 2 is 2.13 bits per heavy atom. The summed E-state index contributed by atoms with van der Waals surface area (Å²) in [5.74, 6) is 0.796. The number of nitrogen functional groups attached to an aromatic ring is 2. The highest BCUT2D eigenvalue weighted by atomic mass is 35.5. The molecule has 0 saturated heterocycles. The fourth-order valence-electron chi connectivity index (χ4n) is 3.16. The maximum atomic E-state index is 13.3. The van der Waals surface area contributed by atoms with Gasteiger partial charge in [-0.3, -0.25) is 14.5 Å². The molecule has 0 fully saturated rings. The molecule has 0 amide bonds. The third-order valence-electron chi connectivity index (χ3n) is 4.54. The number of aromatic nitrogens is 7. The average molecular weight is 438 g/mol. The number of halogens is 1. The molecule has 0 unspecified atom stereocenters. The van der Waals surface area contributed by atoms with Crippen LogP contribution in [0.1, 0.15) is 30.2 Å². The number of fused-ring (bicyclic) bond motifs is 1. The Hall–Kier alpha value is -4.24. The highest BCUT2D eigenvalue weighted by molar-refractivity contribution is 6.35. The zero-order valence-corrected chi connectivity index (χ0v) is 16.9. The third-order valence-corrected chi connectivity index (χ3v) is 4.86. The van der Waals surface area contributed by atoms with Crippen molar-refractivity contribution in [1.29, 1.82) is 5.26 Å². The Labute approximate surface area is 179 Å². The summed E-state index contributed by atoms with van der Waals surface area (Å²) in [6.07, 6.45) is 1.34. The van der Waals surface area contributed by atoms with Gasteiger partial charge < -0.3 is 16.8 Å². The third kappa shape index (κ3) is 3.69. The zero-order valence-electron chi connectivity index (χ0n) is 16.2. The van der Waals surface area contributed by atoms with Crippen LogP contribution in [0.5, 0.6) is 0 Å². The maximum Gasteiger partial charge on any atom is 0.263 e. The molecular weight excluding hydrogens is 422 g/mol. The van der Waals surface area contributed by atoms with Crippen LogP contribution in [0, 0.1) is 11.3 Å². The maximum absolute atomic E-state index is 13.3. The van der Waals surface area contributed by atoms with E-state index in [1.165, 1.54) is 10.9 Å². The number of anilines is 3. The molecule has 0 radical (unpaired) electrons. The molecule has 13 heteroatoms. The Balaban J connectivity index is 1.86. The molecule has 0 saturated carbocycles. The molecular formula is C18H16ClN11O. The van der Waals surface area contributed by atoms with E-state index in [0.717, 1.165) is 0 Å². The summed E-state index contributed by atoms with van der Waals surface area (Å²) < 4.78 is 1.42. The Bertz CT molecular complexity index is 1370. The van der Waals surface area contributed by atoms with E-state index in [9.17, 15) is 10.1 Å². The molecule has 6 N–H and O–H groups in total. The molecule has 12 nitrogen and oxygen atoms in total. The van der Waals surface area contributed by atoms with Crippen LogP contribution < -0.4 is 22.3 Å². The second kappa shape index (κ2) is 7.88. The van der Waals surface area contributed by atoms with Gasteiger partial charge >= 0.3 is 0 Å². The predicted molar refractivity (Wildman–Crippen MR) is 114 cm³/mol. The van der Waals surface area contributed by atoms with E-state index in [1.54, 1.807) is 25.1 Å². The van der Waals surface area contributed by atoms with Crippen LogP contribution in [-0.4, -0.2) is 34.7 Å². The first-order valence-electron chi connectivity index (χ1n) is 9.02. The lowest BCUT2D eigenvalue weighted by Crippen LogP contribution is -2.30. The minimum Gasteiger partial charge on any atom is -0.382 e. The minimum absolute atomic E-state index is 0.0361. The summed E-state index contributed by atoms with van der Waals surface area (Å²) in [5.41, 5.74) is 11.6. The van der Waals surface area contributed by atoms with Crippen LogP contribution >= 0.6 is 11.6 Å². The molecule has 1 aromatic carbocycles. The Morgan fingerprint density at radius 3 is 2.84 bits per heavy atom. The molecule has 0 bridgehead atoms. The van der Waals surface area contributed by atoms with Gasteiger partial charge in [0.1, 0.15) is 35.4 Å². The fourth-order valence-corrected chi connectivity index (χ4v) is 3.41. The van der Waals surface area contributed by atoms with Crippen molar-refractivity contribution in [3.05, 3.63) is 57.1 Å². The number of H-pyrrole nitrogens is 1. The SMILES string of the molecule is C[C@H](Nc1nc(N)nc(N)c1C#N)c1nc2cccc(Cl)c2c(=O)n1Cc1ncn[nH]1. The van der Waals surface area contributed by atoms with Crippen molar-refractivity contribution in [1.82, 2.24) is 34.7 Å². The summed E-state index contributed by atoms with van der Waals surface area (Å²) in [5, 5.41) is 19.6. The van der Waals surface area contributed by atoms with E-state index < -0.39 is 6.04 Å². The van der Waals surface area contributed by atoms with E-state index in [0.29, 0.717) is 17.2 Å². The Kier molecular flexibility index (Phi) is 5.10. The van der Waals surface area contributed by atoms with Gasteiger partial charge in [-0.25, -0.2) is 9.97 Å². The molecule has 0 aliphatic rings. The number of hydrogen-bond donors (Lipinski definition) is 4. The lowest BCUT2D eigenvalue weighted by atomic mass is 10.2. The summed E-state index contributed by atoms with van der Waals surface area (Å²) >= 11 is 6.27. The van der Waals surface area contributed by atoms with Gasteiger partial charge in [0, 0.05) is 0 Å². The lowest BCUT2D eigenvalue weighted by Gasteiger charge is -2.20. The first-order chi connectivity index (χ1) is 14.9. The lowest BCUT2D eigenvalue weighted by molar-refractivity contribution is 0.622. The van der Waals surface area contributed by atoms with Gasteiger partial charge in [0.05, 0.1) is 28.5 Å². The monoisotopic (exact) mass is 437 g/mol. The number of nitrogens with two attached hydrogens (primary N) is 2. The summed E-state index contributed by atoms with van der Waals surface area (Å²) in [4.78, 5) is 29.9. The van der Waals surface area contributed by atoms with Crippen LogP contribution in [0.2, 0.25) is 5.02 Å². The van der Waals surface area contributed by atoms with Crippen LogP contribution in [-0.2, 0) is 6.54 Å². The van der Waals surface area contributed by atoms with Gasteiger partial charge in [-0.05, 0) is 19.1 Å². The standard InChI is InChI=1S/C18H16ClN11O/c1-8(25-15-9(5-20)14(21)27-18(22)28-15)16-26-11-4-2-3-10(19)13(11)17(31)30(16)6-12-23-7-24-29-12/h2-4,7-8H,6H2,1H3,(H,23,24,29)(H5,21,22,25,27,28)/t8-/m0/s1. The van der Waals surface area contributed by atoms with Crippen LogP contribution in [0.15, 0.2) is 29.3 Å².